The average Bonchev–Trinajstić information content (AvgIpc) is 3.19. The van der Waals surface area contributed by atoms with Crippen LogP contribution >= 0.6 is 23.2 Å². The number of piperazine rings is 1. The summed E-state index contributed by atoms with van der Waals surface area (Å²) < 4.78 is 16.0. The minimum atomic E-state index is -0.318. The van der Waals surface area contributed by atoms with Crippen LogP contribution in [-0.2, 0) is 6.54 Å². The summed E-state index contributed by atoms with van der Waals surface area (Å²) in [4.78, 5) is 20.2. The molecule has 1 amide bonds. The first-order chi connectivity index (χ1) is 17.6. The van der Waals surface area contributed by atoms with Gasteiger partial charge < -0.3 is 9.80 Å². The van der Waals surface area contributed by atoms with Crippen LogP contribution in [0.2, 0.25) is 10.0 Å². The molecule has 198 valence electrons. The number of benzene rings is 2. The number of halogens is 3. The highest BCUT2D eigenvalue weighted by Gasteiger charge is 2.29. The van der Waals surface area contributed by atoms with Crippen molar-refractivity contribution in [3.63, 3.8) is 0 Å². The van der Waals surface area contributed by atoms with Gasteiger partial charge in [0.2, 0.25) is 0 Å². The monoisotopic (exact) mass is 545 g/mol. The Morgan fingerprint density at radius 1 is 1.03 bits per heavy atom. The van der Waals surface area contributed by atoms with Crippen molar-refractivity contribution in [3.8, 4) is 5.69 Å². The third kappa shape index (κ3) is 5.95. The molecule has 1 aliphatic rings. The van der Waals surface area contributed by atoms with Gasteiger partial charge in [0, 0.05) is 49.4 Å². The number of rotatable bonds is 7. The summed E-state index contributed by atoms with van der Waals surface area (Å²) in [5.41, 5.74) is 2.88. The highest BCUT2D eigenvalue weighted by molar-refractivity contribution is 6.42. The van der Waals surface area contributed by atoms with E-state index < -0.39 is 0 Å². The van der Waals surface area contributed by atoms with Crippen molar-refractivity contribution in [2.75, 3.05) is 31.1 Å². The Balaban J connectivity index is 1.75. The van der Waals surface area contributed by atoms with Crippen molar-refractivity contribution in [2.24, 2.45) is 0 Å². The Kier molecular flexibility index (Phi) is 8.46. The molecule has 1 aromatic heterocycles. The highest BCUT2D eigenvalue weighted by Crippen LogP contribution is 2.31. The maximum atomic E-state index is 14.2. The standard InChI is InChI=1S/C28H34Cl2FN5O/c1-18(2)33-11-13-34(14-12-33)27-24(20(5)32-36(27)23-8-6-7-22(31)16-23)17-35(19(3)4)28(37)21-9-10-25(29)26(30)15-21/h6-10,15-16,18-19H,11-14,17H2,1-5H3. The maximum Gasteiger partial charge on any atom is 0.254 e. The van der Waals surface area contributed by atoms with Crippen LogP contribution in [0.3, 0.4) is 0 Å². The number of hydrogen-bond acceptors (Lipinski definition) is 4. The molecule has 1 aliphatic heterocycles. The summed E-state index contributed by atoms with van der Waals surface area (Å²) >= 11 is 12.3. The first kappa shape index (κ1) is 27.4. The molecule has 1 fully saturated rings. The van der Waals surface area contributed by atoms with Crippen molar-refractivity contribution in [1.82, 2.24) is 19.6 Å². The minimum absolute atomic E-state index is 0.0792. The number of carbonyl (C=O) groups excluding carboxylic acids is 1. The molecular weight excluding hydrogens is 512 g/mol. The summed E-state index contributed by atoms with van der Waals surface area (Å²) in [6, 6.07) is 11.8. The summed E-state index contributed by atoms with van der Waals surface area (Å²) in [7, 11) is 0. The Bertz CT molecular complexity index is 1270. The average molecular weight is 547 g/mol. The largest absolute Gasteiger partial charge is 0.354 e. The molecule has 1 saturated heterocycles. The highest BCUT2D eigenvalue weighted by atomic mass is 35.5. The molecule has 0 aliphatic carbocycles. The van der Waals surface area contributed by atoms with Crippen molar-refractivity contribution in [2.45, 2.75) is 53.2 Å². The second-order valence-electron chi connectivity index (χ2n) is 10.1. The number of aryl methyl sites for hydroxylation is 1. The van der Waals surface area contributed by atoms with Crippen molar-refractivity contribution >= 4 is 34.9 Å². The number of nitrogens with zero attached hydrogens (tertiary/aromatic N) is 5. The number of aromatic nitrogens is 2. The van der Waals surface area contributed by atoms with E-state index in [4.69, 9.17) is 28.3 Å². The van der Waals surface area contributed by atoms with Gasteiger partial charge in [0.05, 0.1) is 28.0 Å². The number of amides is 1. The first-order valence-corrected chi connectivity index (χ1v) is 13.4. The Labute approximate surface area is 228 Å². The Hall–Kier alpha value is -2.61. The second kappa shape index (κ2) is 11.4. The van der Waals surface area contributed by atoms with Gasteiger partial charge >= 0.3 is 0 Å². The lowest BCUT2D eigenvalue weighted by atomic mass is 10.1. The molecule has 3 aromatic rings. The zero-order chi connectivity index (χ0) is 26.9. The smallest absolute Gasteiger partial charge is 0.254 e. The van der Waals surface area contributed by atoms with Gasteiger partial charge in [0.25, 0.3) is 5.91 Å². The van der Waals surface area contributed by atoms with E-state index in [2.05, 4.69) is 23.6 Å². The molecule has 0 N–H and O–H groups in total. The fraction of sp³-hybridized carbons (Fsp3) is 0.429. The molecule has 4 rings (SSSR count). The quantitative estimate of drug-likeness (QED) is 0.354. The fourth-order valence-electron chi connectivity index (χ4n) is 4.75. The zero-order valence-corrected chi connectivity index (χ0v) is 23.5. The summed E-state index contributed by atoms with van der Waals surface area (Å²) in [5, 5.41) is 5.59. The van der Waals surface area contributed by atoms with Crippen LogP contribution in [0.25, 0.3) is 5.69 Å². The molecule has 0 saturated carbocycles. The molecule has 0 spiro atoms. The predicted octanol–water partition coefficient (Wildman–Crippen LogP) is 6.21. The van der Waals surface area contributed by atoms with Gasteiger partial charge in [-0.1, -0.05) is 29.3 Å². The number of carbonyl (C=O) groups is 1. The molecule has 0 radical (unpaired) electrons. The molecule has 0 atom stereocenters. The van der Waals surface area contributed by atoms with Crippen LogP contribution in [0.15, 0.2) is 42.5 Å². The number of anilines is 1. The lowest BCUT2D eigenvalue weighted by Gasteiger charge is -2.39. The van der Waals surface area contributed by atoms with E-state index in [1.165, 1.54) is 12.1 Å². The molecule has 2 heterocycles. The van der Waals surface area contributed by atoms with Crippen LogP contribution in [0, 0.1) is 12.7 Å². The van der Waals surface area contributed by atoms with Gasteiger partial charge in [-0.3, -0.25) is 9.69 Å². The summed E-state index contributed by atoms with van der Waals surface area (Å²) in [6.45, 7) is 14.2. The Morgan fingerprint density at radius 3 is 2.32 bits per heavy atom. The van der Waals surface area contributed by atoms with E-state index in [0.29, 0.717) is 33.9 Å². The summed E-state index contributed by atoms with van der Waals surface area (Å²) in [6.07, 6.45) is 0. The van der Waals surface area contributed by atoms with Crippen LogP contribution in [0.5, 0.6) is 0 Å². The first-order valence-electron chi connectivity index (χ1n) is 12.7. The van der Waals surface area contributed by atoms with Crippen molar-refractivity contribution < 1.29 is 9.18 Å². The Morgan fingerprint density at radius 2 is 1.73 bits per heavy atom. The molecule has 6 nitrogen and oxygen atoms in total. The third-order valence-corrected chi connectivity index (χ3v) is 7.67. The molecule has 9 heteroatoms. The summed E-state index contributed by atoms with van der Waals surface area (Å²) in [5.74, 6) is 0.447. The van der Waals surface area contributed by atoms with E-state index in [1.807, 2.05) is 36.4 Å². The fourth-order valence-corrected chi connectivity index (χ4v) is 5.05. The van der Waals surface area contributed by atoms with Crippen molar-refractivity contribution in [1.29, 1.82) is 0 Å². The minimum Gasteiger partial charge on any atom is -0.354 e. The molecule has 0 unspecified atom stereocenters. The molecular formula is C28H34Cl2FN5O. The SMILES string of the molecule is Cc1nn(-c2cccc(F)c2)c(N2CCN(C(C)C)CC2)c1CN(C(=O)c1ccc(Cl)c(Cl)c1)C(C)C. The van der Waals surface area contributed by atoms with Gasteiger partial charge in [-0.05, 0) is 71.0 Å². The molecule has 37 heavy (non-hydrogen) atoms. The van der Waals surface area contributed by atoms with Crippen LogP contribution in [0.1, 0.15) is 49.3 Å². The normalized spacial score (nSPS) is 14.6. The van der Waals surface area contributed by atoms with E-state index in [-0.39, 0.29) is 17.8 Å². The van der Waals surface area contributed by atoms with Gasteiger partial charge in [-0.2, -0.15) is 5.10 Å². The maximum absolute atomic E-state index is 14.2. The lowest BCUT2D eigenvalue weighted by Crippen LogP contribution is -2.49. The second-order valence-corrected chi connectivity index (χ2v) is 10.9. The van der Waals surface area contributed by atoms with E-state index in [0.717, 1.165) is 43.3 Å². The topological polar surface area (TPSA) is 44.6 Å². The van der Waals surface area contributed by atoms with Gasteiger partial charge in [0.1, 0.15) is 11.6 Å². The molecule has 0 bridgehead atoms. The van der Waals surface area contributed by atoms with Gasteiger partial charge in [-0.25, -0.2) is 9.07 Å². The zero-order valence-electron chi connectivity index (χ0n) is 22.0. The van der Waals surface area contributed by atoms with Gasteiger partial charge in [-0.15, -0.1) is 0 Å². The van der Waals surface area contributed by atoms with Gasteiger partial charge in [0.15, 0.2) is 0 Å². The van der Waals surface area contributed by atoms with Crippen LogP contribution in [-0.4, -0.2) is 63.8 Å². The molecule has 2 aromatic carbocycles. The lowest BCUT2D eigenvalue weighted by molar-refractivity contribution is 0.0690. The van der Waals surface area contributed by atoms with E-state index in [1.54, 1.807) is 24.3 Å². The van der Waals surface area contributed by atoms with E-state index >= 15 is 0 Å². The van der Waals surface area contributed by atoms with Crippen LogP contribution < -0.4 is 4.90 Å². The van der Waals surface area contributed by atoms with E-state index in [9.17, 15) is 9.18 Å². The third-order valence-electron chi connectivity index (χ3n) is 6.93. The predicted molar refractivity (Wildman–Crippen MR) is 149 cm³/mol. The van der Waals surface area contributed by atoms with Crippen molar-refractivity contribution in [3.05, 3.63) is 75.1 Å². The number of hydrogen-bond donors (Lipinski definition) is 0. The van der Waals surface area contributed by atoms with Crippen LogP contribution in [0.4, 0.5) is 10.2 Å².